The van der Waals surface area contributed by atoms with E-state index in [-0.39, 0.29) is 11.6 Å². The fraction of sp³-hybridized carbons (Fsp3) is 0.938. The average molecular weight is 335 g/mol. The predicted octanol–water partition coefficient (Wildman–Crippen LogP) is 5.62. The Kier molecular flexibility index (Phi) is 11.7. The van der Waals surface area contributed by atoms with Crippen LogP contribution in [0.1, 0.15) is 85.0 Å². The molecule has 0 N–H and O–H groups in total. The minimum absolute atomic E-state index is 0.0535. The summed E-state index contributed by atoms with van der Waals surface area (Å²) in [6.45, 7) is 5.75. The summed E-state index contributed by atoms with van der Waals surface area (Å²) in [5.41, 5.74) is -0.341. The number of hydrogen-bond donors (Lipinski definition) is 0. The molecule has 0 heterocycles. The molecule has 0 aliphatic rings. The van der Waals surface area contributed by atoms with Gasteiger partial charge in [-0.25, -0.2) is 0 Å². The Bertz CT molecular complexity index is 221. The summed E-state index contributed by atoms with van der Waals surface area (Å²) >= 11 is 3.45. The first-order valence-corrected chi connectivity index (χ1v) is 8.85. The van der Waals surface area contributed by atoms with E-state index in [0.717, 1.165) is 18.2 Å². The minimum atomic E-state index is -0.341. The Labute approximate surface area is 127 Å². The number of esters is 1. The van der Waals surface area contributed by atoms with Crippen molar-refractivity contribution >= 4 is 21.9 Å². The molecular weight excluding hydrogens is 304 g/mol. The molecule has 0 radical (unpaired) electrons. The molecule has 0 spiro atoms. The average Bonchev–Trinajstić information content (AvgIpc) is 2.29. The van der Waals surface area contributed by atoms with E-state index in [2.05, 4.69) is 15.9 Å². The molecule has 0 aliphatic heterocycles. The number of hydrogen-bond acceptors (Lipinski definition) is 2. The Hall–Kier alpha value is -0.0500. The summed E-state index contributed by atoms with van der Waals surface area (Å²) in [6, 6.07) is 0. The normalized spacial score (nSPS) is 11.6. The third kappa shape index (κ3) is 15.9. The summed E-state index contributed by atoms with van der Waals surface area (Å²) in [5.74, 6) is -0.0535. The number of rotatable bonds is 11. The van der Waals surface area contributed by atoms with E-state index >= 15 is 0 Å². The van der Waals surface area contributed by atoms with Crippen molar-refractivity contribution in [3.8, 4) is 0 Å². The van der Waals surface area contributed by atoms with Gasteiger partial charge in [0.25, 0.3) is 0 Å². The van der Waals surface area contributed by atoms with Crippen LogP contribution < -0.4 is 0 Å². The lowest BCUT2D eigenvalue weighted by Crippen LogP contribution is -2.23. The van der Waals surface area contributed by atoms with E-state index in [0.29, 0.717) is 6.42 Å². The molecule has 0 bridgehead atoms. The summed E-state index contributed by atoms with van der Waals surface area (Å²) in [5, 5.41) is 1.14. The van der Waals surface area contributed by atoms with Crippen LogP contribution in [0.15, 0.2) is 0 Å². The van der Waals surface area contributed by atoms with E-state index in [4.69, 9.17) is 4.74 Å². The van der Waals surface area contributed by atoms with Crippen LogP contribution >= 0.6 is 15.9 Å². The molecule has 3 heteroatoms. The van der Waals surface area contributed by atoms with Crippen molar-refractivity contribution in [2.24, 2.45) is 0 Å². The molecule has 0 aromatic heterocycles. The molecule has 0 atom stereocenters. The standard InChI is InChI=1S/C16H31BrO2/c1-16(2,3)19-15(18)13-11-9-7-5-4-6-8-10-12-14-17/h4-14H2,1-3H3. The van der Waals surface area contributed by atoms with Gasteiger partial charge in [0.1, 0.15) is 5.60 Å². The van der Waals surface area contributed by atoms with Crippen LogP contribution in [0.25, 0.3) is 0 Å². The second kappa shape index (κ2) is 11.7. The molecule has 0 aliphatic carbocycles. The first-order chi connectivity index (χ1) is 8.95. The fourth-order valence-corrected chi connectivity index (χ4v) is 2.39. The number of carbonyl (C=O) groups is 1. The van der Waals surface area contributed by atoms with Gasteiger partial charge < -0.3 is 4.74 Å². The maximum Gasteiger partial charge on any atom is 0.306 e. The highest BCUT2D eigenvalue weighted by molar-refractivity contribution is 9.09. The van der Waals surface area contributed by atoms with Crippen LogP contribution in [0.3, 0.4) is 0 Å². The van der Waals surface area contributed by atoms with Crippen molar-refractivity contribution in [2.45, 2.75) is 90.6 Å². The van der Waals surface area contributed by atoms with Gasteiger partial charge >= 0.3 is 5.97 Å². The highest BCUT2D eigenvalue weighted by Crippen LogP contribution is 2.13. The number of halogens is 1. The summed E-state index contributed by atoms with van der Waals surface area (Å²) < 4.78 is 5.28. The van der Waals surface area contributed by atoms with Crippen LogP contribution in [0, 0.1) is 0 Å². The molecule has 19 heavy (non-hydrogen) atoms. The Balaban J connectivity index is 3.21. The van der Waals surface area contributed by atoms with Crippen LogP contribution in [-0.4, -0.2) is 16.9 Å². The van der Waals surface area contributed by atoms with Gasteiger partial charge in [-0.15, -0.1) is 0 Å². The predicted molar refractivity (Wildman–Crippen MR) is 85.8 cm³/mol. The van der Waals surface area contributed by atoms with Gasteiger partial charge in [-0.3, -0.25) is 4.79 Å². The zero-order valence-corrected chi connectivity index (χ0v) is 14.6. The Morgan fingerprint density at radius 1 is 0.842 bits per heavy atom. The molecule has 114 valence electrons. The highest BCUT2D eigenvalue weighted by atomic mass is 79.9. The van der Waals surface area contributed by atoms with Crippen molar-refractivity contribution in [3.05, 3.63) is 0 Å². The first kappa shape index (κ1) is 18.9. The van der Waals surface area contributed by atoms with E-state index < -0.39 is 0 Å². The highest BCUT2D eigenvalue weighted by Gasteiger charge is 2.15. The fourth-order valence-electron chi connectivity index (χ4n) is 1.99. The van der Waals surface area contributed by atoms with Gasteiger partial charge in [0, 0.05) is 11.8 Å². The molecule has 0 saturated heterocycles. The van der Waals surface area contributed by atoms with Crippen molar-refractivity contribution < 1.29 is 9.53 Å². The third-order valence-corrected chi connectivity index (χ3v) is 3.50. The number of ether oxygens (including phenoxy) is 1. The molecule has 0 fully saturated rings. The first-order valence-electron chi connectivity index (χ1n) is 7.73. The smallest absolute Gasteiger partial charge is 0.306 e. The minimum Gasteiger partial charge on any atom is -0.460 e. The summed E-state index contributed by atoms with van der Waals surface area (Å²) in [4.78, 5) is 11.5. The lowest BCUT2D eigenvalue weighted by atomic mass is 10.1. The van der Waals surface area contributed by atoms with Gasteiger partial charge in [0.05, 0.1) is 0 Å². The summed E-state index contributed by atoms with van der Waals surface area (Å²) in [7, 11) is 0. The van der Waals surface area contributed by atoms with Crippen LogP contribution in [0.4, 0.5) is 0 Å². The van der Waals surface area contributed by atoms with Gasteiger partial charge in [0.2, 0.25) is 0 Å². The van der Waals surface area contributed by atoms with E-state index in [1.807, 2.05) is 20.8 Å². The number of unbranched alkanes of at least 4 members (excludes halogenated alkanes) is 8. The second-order valence-corrected chi connectivity index (χ2v) is 7.00. The largest absolute Gasteiger partial charge is 0.460 e. The van der Waals surface area contributed by atoms with Gasteiger partial charge in [-0.05, 0) is 33.6 Å². The molecule has 0 aromatic rings. The van der Waals surface area contributed by atoms with E-state index in [1.54, 1.807) is 0 Å². The quantitative estimate of drug-likeness (QED) is 0.278. The van der Waals surface area contributed by atoms with E-state index in [1.165, 1.54) is 44.9 Å². The van der Waals surface area contributed by atoms with Crippen LogP contribution in [0.5, 0.6) is 0 Å². The van der Waals surface area contributed by atoms with E-state index in [9.17, 15) is 4.79 Å². The zero-order chi connectivity index (χ0) is 14.6. The zero-order valence-electron chi connectivity index (χ0n) is 13.0. The third-order valence-electron chi connectivity index (χ3n) is 2.93. The molecule has 0 saturated carbocycles. The molecule has 0 aromatic carbocycles. The lowest BCUT2D eigenvalue weighted by Gasteiger charge is -2.19. The molecule has 2 nitrogen and oxygen atoms in total. The topological polar surface area (TPSA) is 26.3 Å². The molecule has 0 amide bonds. The van der Waals surface area contributed by atoms with Gasteiger partial charge in [-0.2, -0.15) is 0 Å². The number of alkyl halides is 1. The second-order valence-electron chi connectivity index (χ2n) is 6.21. The maximum absolute atomic E-state index is 11.5. The van der Waals surface area contributed by atoms with Crippen LogP contribution in [0.2, 0.25) is 0 Å². The van der Waals surface area contributed by atoms with Crippen molar-refractivity contribution in [2.75, 3.05) is 5.33 Å². The number of carbonyl (C=O) groups excluding carboxylic acids is 1. The molecule has 0 rings (SSSR count). The van der Waals surface area contributed by atoms with Gasteiger partial charge in [-0.1, -0.05) is 60.9 Å². The van der Waals surface area contributed by atoms with Crippen molar-refractivity contribution in [3.63, 3.8) is 0 Å². The molecule has 0 unspecified atom stereocenters. The Morgan fingerprint density at radius 3 is 1.68 bits per heavy atom. The Morgan fingerprint density at radius 2 is 1.26 bits per heavy atom. The monoisotopic (exact) mass is 334 g/mol. The summed E-state index contributed by atoms with van der Waals surface area (Å²) in [6.07, 6.45) is 12.0. The van der Waals surface area contributed by atoms with Gasteiger partial charge in [0.15, 0.2) is 0 Å². The molecular formula is C16H31BrO2. The maximum atomic E-state index is 11.5. The van der Waals surface area contributed by atoms with Crippen molar-refractivity contribution in [1.82, 2.24) is 0 Å². The van der Waals surface area contributed by atoms with Crippen LogP contribution in [-0.2, 0) is 9.53 Å². The SMILES string of the molecule is CC(C)(C)OC(=O)CCCCCCCCCCCBr. The lowest BCUT2D eigenvalue weighted by molar-refractivity contribution is -0.154. The van der Waals surface area contributed by atoms with Crippen molar-refractivity contribution in [1.29, 1.82) is 0 Å².